The molecule has 0 bridgehead atoms. The molecule has 8 nitrogen and oxygen atoms in total. The van der Waals surface area contributed by atoms with Gasteiger partial charge in [-0.2, -0.15) is 16.5 Å². The van der Waals surface area contributed by atoms with Crippen LogP contribution < -0.4 is 14.2 Å². The third-order valence-electron chi connectivity index (χ3n) is 4.53. The van der Waals surface area contributed by atoms with Crippen molar-refractivity contribution in [3.05, 3.63) is 53.8 Å². The molecule has 2 aromatic carbocycles. The van der Waals surface area contributed by atoms with Crippen molar-refractivity contribution < 1.29 is 36.6 Å². The molecule has 0 radical (unpaired) electrons. The molecular weight excluding hydrogens is 461 g/mol. The van der Waals surface area contributed by atoms with E-state index in [9.17, 15) is 22.4 Å². The Bertz CT molecular complexity index is 1070. The molecule has 1 aliphatic rings. The van der Waals surface area contributed by atoms with Crippen molar-refractivity contribution in [3.8, 4) is 11.5 Å². The van der Waals surface area contributed by atoms with Crippen molar-refractivity contribution in [2.45, 2.75) is 17.4 Å². The van der Waals surface area contributed by atoms with Gasteiger partial charge in [-0.15, -0.1) is 0 Å². The molecule has 0 unspecified atom stereocenters. The Labute approximate surface area is 189 Å². The number of sulfonamides is 1. The highest BCUT2D eigenvalue weighted by Gasteiger charge is 2.28. The second-order valence-electron chi connectivity index (χ2n) is 6.80. The second-order valence-corrected chi connectivity index (χ2v) is 9.50. The molecule has 0 saturated carbocycles. The Morgan fingerprint density at radius 2 is 1.81 bits per heavy atom. The summed E-state index contributed by atoms with van der Waals surface area (Å²) in [6, 6.07) is 7.77. The molecule has 0 aromatic heterocycles. The quantitative estimate of drug-likeness (QED) is 0.406. The number of ether oxygens (including phenoxy) is 3. The van der Waals surface area contributed by atoms with Gasteiger partial charge in [-0.05, 0) is 54.8 Å². The van der Waals surface area contributed by atoms with Gasteiger partial charge in [0.05, 0.1) is 4.90 Å². The average molecular weight is 484 g/mol. The van der Waals surface area contributed by atoms with Crippen LogP contribution in [0.4, 0.5) is 4.39 Å². The van der Waals surface area contributed by atoms with Crippen LogP contribution in [0.15, 0.2) is 47.4 Å². The lowest BCUT2D eigenvalue weighted by atomic mass is 10.1. The Kier molecular flexibility index (Phi) is 8.10. The topological polar surface area (TPSA) is 108 Å². The van der Waals surface area contributed by atoms with E-state index in [2.05, 4.69) is 4.72 Å². The summed E-state index contributed by atoms with van der Waals surface area (Å²) in [4.78, 5) is 24.6. The van der Waals surface area contributed by atoms with Crippen LogP contribution in [0, 0.1) is 5.82 Å². The van der Waals surface area contributed by atoms with Crippen molar-refractivity contribution in [2.75, 3.05) is 31.8 Å². The van der Waals surface area contributed by atoms with Gasteiger partial charge in [0, 0.05) is 11.6 Å². The van der Waals surface area contributed by atoms with E-state index >= 15 is 0 Å². The first kappa shape index (κ1) is 24.0. The summed E-state index contributed by atoms with van der Waals surface area (Å²) in [5, 5.41) is 0. The Hall–Kier alpha value is -2.63. The highest BCUT2D eigenvalue weighted by molar-refractivity contribution is 7.98. The van der Waals surface area contributed by atoms with Crippen molar-refractivity contribution in [3.63, 3.8) is 0 Å². The SMILES string of the molecule is CSCC[C@@H](NS(=O)(=O)c1ccc2c(c1)OCCO2)C(=O)OCC(=O)c1ccc(F)cc1. The molecule has 2 aromatic rings. The normalized spacial score (nSPS) is 13.9. The predicted octanol–water partition coefficient (Wildman–Crippen LogP) is 2.42. The first-order valence-electron chi connectivity index (χ1n) is 9.66. The number of fused-ring (bicyclic) bond motifs is 1. The maximum atomic E-state index is 13.0. The number of ketones is 1. The van der Waals surface area contributed by atoms with Crippen molar-refractivity contribution >= 4 is 33.5 Å². The molecule has 1 atom stereocenters. The molecule has 0 spiro atoms. The number of rotatable bonds is 10. The molecule has 32 heavy (non-hydrogen) atoms. The number of hydrogen-bond acceptors (Lipinski definition) is 8. The van der Waals surface area contributed by atoms with Crippen LogP contribution in [0.5, 0.6) is 11.5 Å². The van der Waals surface area contributed by atoms with Gasteiger partial charge < -0.3 is 14.2 Å². The molecule has 3 rings (SSSR count). The van der Waals surface area contributed by atoms with Gasteiger partial charge in [-0.3, -0.25) is 9.59 Å². The minimum Gasteiger partial charge on any atom is -0.486 e. The number of halogens is 1. The number of esters is 1. The van der Waals surface area contributed by atoms with Crippen LogP contribution in [0.25, 0.3) is 0 Å². The fourth-order valence-electron chi connectivity index (χ4n) is 2.86. The number of benzene rings is 2. The predicted molar refractivity (Wildman–Crippen MR) is 116 cm³/mol. The van der Waals surface area contributed by atoms with Crippen LogP contribution in [0.1, 0.15) is 16.8 Å². The highest BCUT2D eigenvalue weighted by atomic mass is 32.2. The number of carbonyl (C=O) groups is 2. The smallest absolute Gasteiger partial charge is 0.324 e. The second kappa shape index (κ2) is 10.8. The van der Waals surface area contributed by atoms with Crippen molar-refractivity contribution in [1.29, 1.82) is 0 Å². The summed E-state index contributed by atoms with van der Waals surface area (Å²) >= 11 is 1.43. The fraction of sp³-hybridized carbons (Fsp3) is 0.333. The van der Waals surface area contributed by atoms with Gasteiger partial charge in [0.1, 0.15) is 25.1 Å². The lowest BCUT2D eigenvalue weighted by Gasteiger charge is -2.20. The summed E-state index contributed by atoms with van der Waals surface area (Å²) in [7, 11) is -4.09. The largest absolute Gasteiger partial charge is 0.486 e. The van der Waals surface area contributed by atoms with Gasteiger partial charge in [-0.1, -0.05) is 0 Å². The molecule has 0 fully saturated rings. The first-order chi connectivity index (χ1) is 15.3. The molecule has 1 N–H and O–H groups in total. The van der Waals surface area contributed by atoms with Crippen LogP contribution in [-0.2, 0) is 19.6 Å². The molecular formula is C21H22FNO7S2. The minimum absolute atomic E-state index is 0.0916. The van der Waals surface area contributed by atoms with Crippen LogP contribution in [0.3, 0.4) is 0 Å². The summed E-state index contributed by atoms with van der Waals surface area (Å²) in [6.45, 7) is 0.0806. The van der Waals surface area contributed by atoms with E-state index < -0.39 is 40.2 Å². The van der Waals surface area contributed by atoms with Crippen LogP contribution >= 0.6 is 11.8 Å². The molecule has 0 aliphatic carbocycles. The Morgan fingerprint density at radius 3 is 2.50 bits per heavy atom. The zero-order valence-electron chi connectivity index (χ0n) is 17.2. The summed E-state index contributed by atoms with van der Waals surface area (Å²) < 4.78 is 56.9. The molecule has 11 heteroatoms. The summed E-state index contributed by atoms with van der Waals surface area (Å²) in [5.74, 6) is -0.688. The Balaban J connectivity index is 1.68. The maximum absolute atomic E-state index is 13.0. The zero-order valence-corrected chi connectivity index (χ0v) is 18.8. The van der Waals surface area contributed by atoms with Crippen molar-refractivity contribution in [2.24, 2.45) is 0 Å². The summed E-state index contributed by atoms with van der Waals surface area (Å²) in [6.07, 6.45) is 1.98. The van der Waals surface area contributed by atoms with Gasteiger partial charge in [0.2, 0.25) is 10.0 Å². The number of thioether (sulfide) groups is 1. The molecule has 0 saturated heterocycles. The van der Waals surface area contributed by atoms with E-state index in [4.69, 9.17) is 14.2 Å². The highest BCUT2D eigenvalue weighted by Crippen LogP contribution is 2.32. The standard InChI is InChI=1S/C21H22FNO7S2/c1-31-11-8-17(21(25)30-13-18(24)14-2-4-15(22)5-3-14)23-32(26,27)16-6-7-19-20(12-16)29-10-9-28-19/h2-7,12,17,23H,8-11,13H2,1H3/t17-/m1/s1. The van der Waals surface area contributed by atoms with Gasteiger partial charge in [0.25, 0.3) is 0 Å². The number of hydrogen-bond donors (Lipinski definition) is 1. The lowest BCUT2D eigenvalue weighted by molar-refractivity contribution is -0.144. The van der Waals surface area contributed by atoms with Gasteiger partial charge in [0.15, 0.2) is 23.9 Å². The van der Waals surface area contributed by atoms with E-state index in [1.165, 1.54) is 42.1 Å². The number of carbonyl (C=O) groups excluding carboxylic acids is 2. The molecule has 0 amide bonds. The number of nitrogens with one attached hydrogen (secondary N) is 1. The van der Waals surface area contributed by atoms with E-state index in [0.717, 1.165) is 12.1 Å². The molecule has 1 heterocycles. The van der Waals surface area contributed by atoms with E-state index in [0.29, 0.717) is 30.5 Å². The third kappa shape index (κ3) is 6.21. The maximum Gasteiger partial charge on any atom is 0.324 e. The van der Waals surface area contributed by atoms with Gasteiger partial charge >= 0.3 is 5.97 Å². The van der Waals surface area contributed by atoms with Crippen molar-refractivity contribution in [1.82, 2.24) is 4.72 Å². The van der Waals surface area contributed by atoms with E-state index in [-0.39, 0.29) is 16.9 Å². The summed E-state index contributed by atoms with van der Waals surface area (Å²) in [5.41, 5.74) is 0.178. The first-order valence-corrected chi connectivity index (χ1v) is 12.5. The zero-order chi connectivity index (χ0) is 23.1. The molecule has 172 valence electrons. The minimum atomic E-state index is -4.09. The van der Waals surface area contributed by atoms with Crippen LogP contribution in [0.2, 0.25) is 0 Å². The monoisotopic (exact) mass is 483 g/mol. The van der Waals surface area contributed by atoms with E-state index in [1.807, 2.05) is 6.26 Å². The third-order valence-corrected chi connectivity index (χ3v) is 6.64. The van der Waals surface area contributed by atoms with Crippen LogP contribution in [-0.4, -0.2) is 58.0 Å². The fourth-order valence-corrected chi connectivity index (χ4v) is 4.57. The average Bonchev–Trinajstić information content (AvgIpc) is 2.80. The number of Topliss-reactive ketones (excluding diaryl/α,β-unsaturated/α-hetero) is 1. The lowest BCUT2D eigenvalue weighted by Crippen LogP contribution is -2.42. The Morgan fingerprint density at radius 1 is 1.12 bits per heavy atom. The van der Waals surface area contributed by atoms with E-state index in [1.54, 1.807) is 0 Å². The van der Waals surface area contributed by atoms with Gasteiger partial charge in [-0.25, -0.2) is 12.8 Å². The molecule has 1 aliphatic heterocycles.